The molecule has 1 aromatic rings. The minimum atomic E-state index is -1.21. The summed E-state index contributed by atoms with van der Waals surface area (Å²) in [5.74, 6) is 1.86. The molecule has 0 unspecified atom stereocenters. The Morgan fingerprint density at radius 2 is 1.68 bits per heavy atom. The van der Waals surface area contributed by atoms with Gasteiger partial charge < -0.3 is 10.1 Å². The second-order valence-electron chi connectivity index (χ2n) is 8.90. The van der Waals surface area contributed by atoms with Crippen molar-refractivity contribution in [3.63, 3.8) is 0 Å². The molecule has 4 bridgehead atoms. The van der Waals surface area contributed by atoms with E-state index in [1.165, 1.54) is 26.4 Å². The van der Waals surface area contributed by atoms with Crippen molar-refractivity contribution in [3.05, 3.63) is 30.3 Å². The third-order valence-corrected chi connectivity index (χ3v) is 8.31. The molecule has 4 aliphatic carbocycles. The van der Waals surface area contributed by atoms with Crippen LogP contribution in [0.3, 0.4) is 0 Å². The van der Waals surface area contributed by atoms with Crippen molar-refractivity contribution in [2.45, 2.75) is 55.9 Å². The van der Waals surface area contributed by atoms with Crippen LogP contribution in [0.15, 0.2) is 35.2 Å². The Balaban J connectivity index is 1.41. The first-order chi connectivity index (χ1) is 13.5. The normalized spacial score (nSPS) is 32.5. The summed E-state index contributed by atoms with van der Waals surface area (Å²) in [6.07, 6.45) is 6.97. The zero-order valence-electron chi connectivity index (χ0n) is 16.4. The molecule has 6 heteroatoms. The highest BCUT2D eigenvalue weighted by molar-refractivity contribution is 7.85. The largest absolute Gasteiger partial charge is 0.467 e. The lowest BCUT2D eigenvalue weighted by Crippen LogP contribution is -2.56. The van der Waals surface area contributed by atoms with E-state index in [1.54, 1.807) is 0 Å². The average molecular weight is 404 g/mol. The number of rotatable bonds is 7. The van der Waals surface area contributed by atoms with Gasteiger partial charge in [-0.25, -0.2) is 4.79 Å². The number of carbonyl (C=O) groups is 2. The summed E-state index contributed by atoms with van der Waals surface area (Å²) in [4.78, 5) is 26.3. The van der Waals surface area contributed by atoms with E-state index in [0.717, 1.165) is 24.2 Å². The molecule has 0 aliphatic heterocycles. The Kier molecular flexibility index (Phi) is 5.59. The lowest BCUT2D eigenvalue weighted by molar-refractivity contribution is -0.152. The van der Waals surface area contributed by atoms with Crippen molar-refractivity contribution < 1.29 is 18.5 Å². The number of nitrogens with one attached hydrogen (secondary N) is 1. The van der Waals surface area contributed by atoms with Crippen molar-refractivity contribution in [2.24, 2.45) is 23.2 Å². The predicted octanol–water partition coefficient (Wildman–Crippen LogP) is 3.06. The maximum Gasteiger partial charge on any atom is 0.328 e. The van der Waals surface area contributed by atoms with Gasteiger partial charge in [-0.15, -0.1) is 0 Å². The molecule has 5 nitrogen and oxygen atoms in total. The number of amides is 1. The van der Waals surface area contributed by atoms with Crippen molar-refractivity contribution in [1.29, 1.82) is 0 Å². The van der Waals surface area contributed by atoms with E-state index < -0.39 is 22.8 Å². The van der Waals surface area contributed by atoms with Gasteiger partial charge in [0.25, 0.3) is 0 Å². The van der Waals surface area contributed by atoms with Gasteiger partial charge in [0.2, 0.25) is 5.91 Å². The molecular formula is C22H29NO4S. The van der Waals surface area contributed by atoms with E-state index in [1.807, 2.05) is 30.3 Å². The zero-order chi connectivity index (χ0) is 19.7. The van der Waals surface area contributed by atoms with E-state index >= 15 is 0 Å². The molecule has 4 fully saturated rings. The number of carbonyl (C=O) groups excluding carboxylic acids is 2. The van der Waals surface area contributed by atoms with Crippen LogP contribution in [-0.4, -0.2) is 35.0 Å². The van der Waals surface area contributed by atoms with Crippen LogP contribution < -0.4 is 5.32 Å². The van der Waals surface area contributed by atoms with Crippen LogP contribution in [0, 0.1) is 23.2 Å². The van der Waals surface area contributed by atoms with E-state index in [-0.39, 0.29) is 11.3 Å². The Morgan fingerprint density at radius 1 is 1.11 bits per heavy atom. The number of ether oxygens (including phenoxy) is 1. The summed E-state index contributed by atoms with van der Waals surface area (Å²) in [6, 6.07) is 8.47. The van der Waals surface area contributed by atoms with Crippen LogP contribution in [0.4, 0.5) is 0 Å². The van der Waals surface area contributed by atoms with Crippen molar-refractivity contribution in [3.8, 4) is 0 Å². The monoisotopic (exact) mass is 403 g/mol. The minimum Gasteiger partial charge on any atom is -0.467 e. The number of hydrogen-bond donors (Lipinski definition) is 1. The number of methoxy groups -OCH3 is 1. The van der Waals surface area contributed by atoms with Crippen molar-refractivity contribution in [1.82, 2.24) is 5.32 Å². The molecule has 0 saturated heterocycles. The molecule has 152 valence electrons. The zero-order valence-corrected chi connectivity index (χ0v) is 17.2. The molecule has 4 aliphatic rings. The minimum absolute atomic E-state index is 0.00694. The first kappa shape index (κ1) is 19.6. The third kappa shape index (κ3) is 3.88. The molecular weight excluding hydrogens is 374 g/mol. The van der Waals surface area contributed by atoms with Gasteiger partial charge >= 0.3 is 5.97 Å². The summed E-state index contributed by atoms with van der Waals surface area (Å²) in [6.45, 7) is 0. The molecule has 28 heavy (non-hydrogen) atoms. The van der Waals surface area contributed by atoms with Gasteiger partial charge in [0.05, 0.1) is 17.9 Å². The van der Waals surface area contributed by atoms with Gasteiger partial charge in [0.1, 0.15) is 6.04 Å². The second-order valence-corrected chi connectivity index (χ2v) is 10.5. The highest BCUT2D eigenvalue weighted by Gasteiger charge is 2.55. The maximum atomic E-state index is 13.2. The number of esters is 1. The molecule has 1 aromatic carbocycles. The summed E-state index contributed by atoms with van der Waals surface area (Å²) in [7, 11) is 0.127. The summed E-state index contributed by atoms with van der Waals surface area (Å²) >= 11 is 0. The molecule has 2 atom stereocenters. The lowest BCUT2D eigenvalue weighted by atomic mass is 9.49. The molecule has 0 aromatic heterocycles. The quantitative estimate of drug-likeness (QED) is 0.710. The highest BCUT2D eigenvalue weighted by Crippen LogP contribution is 2.60. The van der Waals surface area contributed by atoms with Crippen LogP contribution in [0.25, 0.3) is 0 Å². The maximum absolute atomic E-state index is 13.2. The summed E-state index contributed by atoms with van der Waals surface area (Å²) < 4.78 is 17.4. The first-order valence-corrected chi connectivity index (χ1v) is 11.6. The Morgan fingerprint density at radius 3 is 2.21 bits per heavy atom. The fourth-order valence-electron chi connectivity index (χ4n) is 6.01. The fraction of sp³-hybridized carbons (Fsp3) is 0.636. The molecule has 0 heterocycles. The van der Waals surface area contributed by atoms with E-state index in [2.05, 4.69) is 5.32 Å². The van der Waals surface area contributed by atoms with Gasteiger partial charge in [0.15, 0.2) is 0 Å². The summed E-state index contributed by atoms with van der Waals surface area (Å²) in [5.41, 5.74) is -0.306. The second kappa shape index (κ2) is 7.97. The molecule has 0 radical (unpaired) electrons. The average Bonchev–Trinajstić information content (AvgIpc) is 2.69. The van der Waals surface area contributed by atoms with Crippen LogP contribution in [0.2, 0.25) is 0 Å². The third-order valence-electron chi connectivity index (χ3n) is 6.91. The van der Waals surface area contributed by atoms with E-state index in [0.29, 0.717) is 29.9 Å². The SMILES string of the molecule is COC(=O)[C@H](CC[S@@](=O)c1ccccc1)NC(=O)C12CC3CC(CC(C3)C1)C2. The first-order valence-electron chi connectivity index (χ1n) is 10.3. The van der Waals surface area contributed by atoms with Gasteiger partial charge in [-0.1, -0.05) is 18.2 Å². The molecule has 5 rings (SSSR count). The number of hydrogen-bond acceptors (Lipinski definition) is 4. The van der Waals surface area contributed by atoms with E-state index in [4.69, 9.17) is 4.74 Å². The van der Waals surface area contributed by atoms with Crippen LogP contribution in [0.1, 0.15) is 44.9 Å². The predicted molar refractivity (Wildman–Crippen MR) is 107 cm³/mol. The van der Waals surface area contributed by atoms with Gasteiger partial charge in [-0.05, 0) is 74.8 Å². The van der Waals surface area contributed by atoms with Gasteiger partial charge in [-0.2, -0.15) is 0 Å². The van der Waals surface area contributed by atoms with Crippen molar-refractivity contribution in [2.75, 3.05) is 12.9 Å². The Hall–Kier alpha value is -1.69. The van der Waals surface area contributed by atoms with Crippen LogP contribution in [-0.2, 0) is 25.1 Å². The molecule has 1 N–H and O–H groups in total. The summed E-state index contributed by atoms with van der Waals surface area (Å²) in [5, 5.41) is 2.98. The smallest absolute Gasteiger partial charge is 0.328 e. The van der Waals surface area contributed by atoms with Crippen LogP contribution in [0.5, 0.6) is 0 Å². The topological polar surface area (TPSA) is 72.5 Å². The fourth-order valence-corrected chi connectivity index (χ4v) is 7.15. The Labute approximate surface area is 169 Å². The Bertz CT molecular complexity index is 728. The van der Waals surface area contributed by atoms with Crippen LogP contribution >= 0.6 is 0 Å². The highest BCUT2D eigenvalue weighted by atomic mass is 32.2. The lowest BCUT2D eigenvalue weighted by Gasteiger charge is -2.55. The molecule has 0 spiro atoms. The van der Waals surface area contributed by atoms with Gasteiger partial charge in [-0.3, -0.25) is 9.00 Å². The van der Waals surface area contributed by atoms with Crippen molar-refractivity contribution >= 4 is 22.7 Å². The molecule has 1 amide bonds. The standard InChI is InChI=1S/C22H29NO4S/c1-27-20(24)19(7-8-28(26)18-5-3-2-4-6-18)23-21(25)22-12-15-9-16(13-22)11-17(10-15)14-22/h2-6,15-17,19H,7-14H2,1H3,(H,23,25)/t15?,16?,17?,19-,22?,28+/m0/s1. The molecule has 4 saturated carbocycles. The number of benzene rings is 1. The van der Waals surface area contributed by atoms with Gasteiger partial charge in [0, 0.05) is 16.1 Å². The van der Waals surface area contributed by atoms with E-state index in [9.17, 15) is 13.8 Å².